The highest BCUT2D eigenvalue weighted by atomic mass is 16.5. The van der Waals surface area contributed by atoms with Gasteiger partial charge in [0.15, 0.2) is 5.43 Å². The van der Waals surface area contributed by atoms with Crippen LogP contribution in [0.1, 0.15) is 43.0 Å². The fourth-order valence-corrected chi connectivity index (χ4v) is 3.96. The number of carbonyl (C=O) groups excluding carboxylic acids is 1. The van der Waals surface area contributed by atoms with E-state index in [0.29, 0.717) is 35.1 Å². The number of carbonyl (C=O) groups is 1. The molecule has 0 unspecified atom stereocenters. The molecular formula is C24H23NO3. The number of hydrogen-bond acceptors (Lipinski definition) is 3. The molecule has 2 aromatic carbocycles. The van der Waals surface area contributed by atoms with Crippen molar-refractivity contribution in [1.29, 1.82) is 0 Å². The van der Waals surface area contributed by atoms with Crippen LogP contribution in [-0.4, -0.2) is 17.6 Å². The molecule has 28 heavy (non-hydrogen) atoms. The molecule has 0 fully saturated rings. The van der Waals surface area contributed by atoms with E-state index in [4.69, 9.17) is 4.74 Å². The molecule has 0 amide bonds. The molecule has 0 atom stereocenters. The molecule has 4 rings (SSSR count). The average Bonchev–Trinajstić information content (AvgIpc) is 2.70. The van der Waals surface area contributed by atoms with E-state index in [1.54, 1.807) is 6.92 Å². The second kappa shape index (κ2) is 7.85. The summed E-state index contributed by atoms with van der Waals surface area (Å²) in [7, 11) is 0. The smallest absolute Gasteiger partial charge is 0.334 e. The highest BCUT2D eigenvalue weighted by Crippen LogP contribution is 2.33. The zero-order valence-electron chi connectivity index (χ0n) is 16.0. The van der Waals surface area contributed by atoms with Gasteiger partial charge in [-0.2, -0.15) is 0 Å². The van der Waals surface area contributed by atoms with E-state index in [-0.39, 0.29) is 11.4 Å². The Morgan fingerprint density at radius 1 is 1.00 bits per heavy atom. The summed E-state index contributed by atoms with van der Waals surface area (Å²) >= 11 is 0. The molecule has 1 aliphatic carbocycles. The first-order valence-corrected chi connectivity index (χ1v) is 9.80. The minimum atomic E-state index is -0.332. The molecule has 0 bridgehead atoms. The van der Waals surface area contributed by atoms with Crippen molar-refractivity contribution >= 4 is 22.4 Å². The largest absolute Gasteiger partial charge is 0.463 e. The predicted molar refractivity (Wildman–Crippen MR) is 111 cm³/mol. The van der Waals surface area contributed by atoms with Crippen LogP contribution in [-0.2, 0) is 16.0 Å². The van der Waals surface area contributed by atoms with Crippen LogP contribution in [0.4, 0.5) is 0 Å². The number of para-hydroxylation sites is 1. The molecule has 0 aliphatic heterocycles. The standard InChI is InChI=1S/C24H23NO3/c1-2-28-24(27)18-13-7-9-15-20-22(21(18)16-10-4-3-5-11-16)23(26)17-12-6-8-14-19(17)25-20/h3-6,8,10-12,14H,2,7,9,13,15H2,1H3,(H,25,26). The van der Waals surface area contributed by atoms with Crippen molar-refractivity contribution in [3.63, 3.8) is 0 Å². The third-order valence-electron chi connectivity index (χ3n) is 5.23. The molecule has 1 heterocycles. The molecule has 0 spiro atoms. The lowest BCUT2D eigenvalue weighted by Gasteiger charge is -2.21. The Morgan fingerprint density at radius 2 is 1.71 bits per heavy atom. The maximum atomic E-state index is 13.5. The molecule has 3 aromatic rings. The molecular weight excluding hydrogens is 350 g/mol. The summed E-state index contributed by atoms with van der Waals surface area (Å²) in [5.41, 5.74) is 4.46. The quantitative estimate of drug-likeness (QED) is 0.682. The summed E-state index contributed by atoms with van der Waals surface area (Å²) in [5.74, 6) is -0.332. The van der Waals surface area contributed by atoms with Crippen LogP contribution in [0.25, 0.3) is 16.5 Å². The molecule has 4 heteroatoms. The summed E-state index contributed by atoms with van der Waals surface area (Å²) in [4.78, 5) is 29.8. The topological polar surface area (TPSA) is 59.2 Å². The number of rotatable bonds is 3. The monoisotopic (exact) mass is 373 g/mol. The van der Waals surface area contributed by atoms with Gasteiger partial charge in [-0.1, -0.05) is 42.5 Å². The number of benzene rings is 2. The molecule has 0 radical (unpaired) electrons. The lowest BCUT2D eigenvalue weighted by molar-refractivity contribution is -0.138. The Labute approximate surface area is 163 Å². The van der Waals surface area contributed by atoms with Gasteiger partial charge in [0.05, 0.1) is 12.2 Å². The summed E-state index contributed by atoms with van der Waals surface area (Å²) in [6.07, 6.45) is 3.17. The maximum Gasteiger partial charge on any atom is 0.334 e. The fourth-order valence-electron chi connectivity index (χ4n) is 3.96. The molecule has 4 nitrogen and oxygen atoms in total. The number of hydrogen-bond donors (Lipinski definition) is 1. The van der Waals surface area contributed by atoms with E-state index in [9.17, 15) is 9.59 Å². The molecule has 1 aliphatic rings. The van der Waals surface area contributed by atoms with Gasteiger partial charge in [0.1, 0.15) is 0 Å². The number of aryl methyl sites for hydroxylation is 1. The van der Waals surface area contributed by atoms with Gasteiger partial charge in [-0.3, -0.25) is 4.79 Å². The number of nitrogens with one attached hydrogen (secondary N) is 1. The van der Waals surface area contributed by atoms with Crippen molar-refractivity contribution in [2.24, 2.45) is 0 Å². The maximum absolute atomic E-state index is 13.5. The number of aromatic nitrogens is 1. The van der Waals surface area contributed by atoms with Gasteiger partial charge >= 0.3 is 5.97 Å². The number of aromatic amines is 1. The van der Waals surface area contributed by atoms with Crippen LogP contribution >= 0.6 is 0 Å². The van der Waals surface area contributed by atoms with Crippen LogP contribution in [0.3, 0.4) is 0 Å². The molecule has 142 valence electrons. The van der Waals surface area contributed by atoms with Gasteiger partial charge in [0.2, 0.25) is 0 Å². The summed E-state index contributed by atoms with van der Waals surface area (Å²) in [6, 6.07) is 17.2. The number of ether oxygens (including phenoxy) is 1. The van der Waals surface area contributed by atoms with Crippen LogP contribution in [0.2, 0.25) is 0 Å². The van der Waals surface area contributed by atoms with Crippen molar-refractivity contribution in [3.05, 3.63) is 87.2 Å². The molecule has 1 aromatic heterocycles. The van der Waals surface area contributed by atoms with Gasteiger partial charge in [0.25, 0.3) is 0 Å². The van der Waals surface area contributed by atoms with E-state index in [1.165, 1.54) is 0 Å². The zero-order chi connectivity index (χ0) is 19.5. The minimum absolute atomic E-state index is 0.0353. The SMILES string of the molecule is CCOC(=O)C1=C(c2ccccc2)c2c([nH]c3ccccc3c2=O)CCCC1. The van der Waals surface area contributed by atoms with E-state index in [0.717, 1.165) is 36.0 Å². The number of H-pyrrole nitrogens is 1. The van der Waals surface area contributed by atoms with Gasteiger partial charge in [0, 0.05) is 27.7 Å². The van der Waals surface area contributed by atoms with Crippen molar-refractivity contribution in [2.45, 2.75) is 32.6 Å². The minimum Gasteiger partial charge on any atom is -0.463 e. The first kappa shape index (κ1) is 18.2. The van der Waals surface area contributed by atoms with E-state index >= 15 is 0 Å². The summed E-state index contributed by atoms with van der Waals surface area (Å²) in [5, 5.41) is 0.637. The third kappa shape index (κ3) is 3.26. The van der Waals surface area contributed by atoms with Crippen LogP contribution < -0.4 is 5.43 Å². The van der Waals surface area contributed by atoms with Crippen LogP contribution in [0.5, 0.6) is 0 Å². The van der Waals surface area contributed by atoms with Crippen LogP contribution in [0, 0.1) is 0 Å². The Bertz CT molecular complexity index is 1110. The van der Waals surface area contributed by atoms with E-state index in [2.05, 4.69) is 4.98 Å². The van der Waals surface area contributed by atoms with Crippen molar-refractivity contribution in [1.82, 2.24) is 4.98 Å². The molecule has 0 saturated heterocycles. The predicted octanol–water partition coefficient (Wildman–Crippen LogP) is 4.62. The highest BCUT2D eigenvalue weighted by molar-refractivity contribution is 6.03. The van der Waals surface area contributed by atoms with E-state index in [1.807, 2.05) is 54.6 Å². The summed E-state index contributed by atoms with van der Waals surface area (Å²) < 4.78 is 5.36. The number of pyridine rings is 1. The Kier molecular flexibility index (Phi) is 5.11. The average molecular weight is 373 g/mol. The van der Waals surface area contributed by atoms with Gasteiger partial charge in [-0.05, 0) is 50.3 Å². The normalized spacial score (nSPS) is 14.3. The first-order chi connectivity index (χ1) is 13.7. The molecule has 1 N–H and O–H groups in total. The zero-order valence-corrected chi connectivity index (χ0v) is 16.0. The van der Waals surface area contributed by atoms with Crippen molar-refractivity contribution < 1.29 is 9.53 Å². The Balaban J connectivity index is 2.10. The van der Waals surface area contributed by atoms with Gasteiger partial charge in [-0.25, -0.2) is 4.79 Å². The second-order valence-electron chi connectivity index (χ2n) is 7.00. The van der Waals surface area contributed by atoms with Crippen molar-refractivity contribution in [2.75, 3.05) is 6.61 Å². The molecule has 0 saturated carbocycles. The number of fused-ring (bicyclic) bond motifs is 2. The lowest BCUT2D eigenvalue weighted by Crippen LogP contribution is -2.20. The fraction of sp³-hybridized carbons (Fsp3) is 0.250. The van der Waals surface area contributed by atoms with Gasteiger partial charge in [-0.15, -0.1) is 0 Å². The van der Waals surface area contributed by atoms with Gasteiger partial charge < -0.3 is 9.72 Å². The third-order valence-corrected chi connectivity index (χ3v) is 5.23. The second-order valence-corrected chi connectivity index (χ2v) is 7.00. The summed E-state index contributed by atoms with van der Waals surface area (Å²) in [6.45, 7) is 2.11. The lowest BCUT2D eigenvalue weighted by atomic mass is 9.85. The van der Waals surface area contributed by atoms with Crippen molar-refractivity contribution in [3.8, 4) is 0 Å². The Hall–Kier alpha value is -3.14. The van der Waals surface area contributed by atoms with Crippen LogP contribution in [0.15, 0.2) is 65.0 Å². The number of esters is 1. The highest BCUT2D eigenvalue weighted by Gasteiger charge is 2.26. The van der Waals surface area contributed by atoms with E-state index < -0.39 is 0 Å². The first-order valence-electron chi connectivity index (χ1n) is 9.80. The Morgan fingerprint density at radius 3 is 2.50 bits per heavy atom.